The summed E-state index contributed by atoms with van der Waals surface area (Å²) in [6.07, 6.45) is 29.2. The number of hydrogen-bond donors (Lipinski definition) is 7. The topological polar surface area (TPSA) is 269 Å². The van der Waals surface area contributed by atoms with Gasteiger partial charge in [0.1, 0.15) is 43.2 Å². The Kier molecular flexibility index (Phi) is 33.2. The van der Waals surface area contributed by atoms with Crippen molar-refractivity contribution in [1.82, 2.24) is 0 Å². The quantitative estimate of drug-likeness (QED) is 0.00993. The fourth-order valence-corrected chi connectivity index (χ4v) is 9.03. The van der Waals surface area contributed by atoms with Crippen LogP contribution in [-0.2, 0) is 46.5 Å². The van der Waals surface area contributed by atoms with E-state index in [1.54, 1.807) is 0 Å². The summed E-state index contributed by atoms with van der Waals surface area (Å²) in [5.41, 5.74) is 0. The van der Waals surface area contributed by atoms with Crippen LogP contribution in [0.4, 0.5) is 0 Å². The van der Waals surface area contributed by atoms with Crippen molar-refractivity contribution in [3.05, 3.63) is 60.8 Å². The van der Waals surface area contributed by atoms with Crippen LogP contribution in [0.5, 0.6) is 0 Å². The van der Waals surface area contributed by atoms with E-state index in [0.29, 0.717) is 31.5 Å². The normalized spacial score (nSPS) is 24.7. The van der Waals surface area contributed by atoms with E-state index in [-0.39, 0.29) is 12.8 Å². The Morgan fingerprint density at radius 3 is 1.65 bits per heavy atom. The van der Waals surface area contributed by atoms with Crippen molar-refractivity contribution in [1.29, 1.82) is 0 Å². The molecule has 1 saturated heterocycles. The minimum Gasteiger partial charge on any atom is -0.462 e. The second-order valence-electron chi connectivity index (χ2n) is 17.6. The van der Waals surface area contributed by atoms with E-state index in [1.807, 2.05) is 12.2 Å². The summed E-state index contributed by atoms with van der Waals surface area (Å²) < 4.78 is 55.1. The molecule has 1 saturated carbocycles. The zero-order valence-electron chi connectivity index (χ0n) is 40.5. The Labute approximate surface area is 404 Å². The van der Waals surface area contributed by atoms with Crippen molar-refractivity contribution < 1.29 is 81.6 Å². The van der Waals surface area contributed by atoms with Crippen molar-refractivity contribution in [2.45, 2.75) is 223 Å². The van der Waals surface area contributed by atoms with Crippen LogP contribution in [0, 0.1) is 0 Å². The van der Waals surface area contributed by atoms with Gasteiger partial charge in [-0.1, -0.05) is 139 Å². The maximum absolute atomic E-state index is 13.0. The number of phosphoric acid groups is 2. The molecule has 0 radical (unpaired) electrons. The van der Waals surface area contributed by atoms with E-state index in [4.69, 9.17) is 23.3 Å². The van der Waals surface area contributed by atoms with E-state index < -0.39 is 83.5 Å². The molecule has 7 N–H and O–H groups in total. The number of epoxide rings is 1. The first kappa shape index (κ1) is 61.8. The van der Waals surface area contributed by atoms with Gasteiger partial charge in [0.2, 0.25) is 0 Å². The van der Waals surface area contributed by atoms with Crippen molar-refractivity contribution in [2.75, 3.05) is 13.2 Å². The fourth-order valence-electron chi connectivity index (χ4n) is 7.50. The summed E-state index contributed by atoms with van der Waals surface area (Å²) in [6, 6.07) is 0. The van der Waals surface area contributed by atoms with E-state index in [9.17, 15) is 53.8 Å². The molecule has 2 rings (SSSR count). The number of allylic oxidation sites excluding steroid dienone is 9. The number of phosphoric ester groups is 2. The number of aliphatic hydroxyl groups excluding tert-OH is 4. The summed E-state index contributed by atoms with van der Waals surface area (Å²) in [5.74, 6) is -1.29. The first-order valence-corrected chi connectivity index (χ1v) is 28.0. The number of aliphatic hydroxyl groups is 4. The predicted molar refractivity (Wildman–Crippen MR) is 259 cm³/mol. The smallest absolute Gasteiger partial charge is 0.462 e. The summed E-state index contributed by atoms with van der Waals surface area (Å²) in [6.45, 7) is 3.00. The van der Waals surface area contributed by atoms with Gasteiger partial charge in [0.05, 0.1) is 18.8 Å². The minimum atomic E-state index is -5.38. The van der Waals surface area contributed by atoms with Crippen LogP contribution in [0.25, 0.3) is 0 Å². The number of hydrogen-bond acceptors (Lipinski definition) is 14. The highest BCUT2D eigenvalue weighted by atomic mass is 31.2. The molecule has 7 unspecified atom stereocenters. The lowest BCUT2D eigenvalue weighted by Crippen LogP contribution is -2.64. The SMILES string of the molecule is CCCCC/C=C\C/C=C\CCCCCCCCCC(=O)OC[C@H](COP(=O)(O)O[C@H]1C(O)C(O)C(O)[C@@H](OP(=O)(O)O)C1O)OC(=O)CCC/C=C\C/C=C\C/C=C\CC1OC1CCCCC. The van der Waals surface area contributed by atoms with Gasteiger partial charge in [0.15, 0.2) is 6.10 Å². The van der Waals surface area contributed by atoms with Crippen LogP contribution >= 0.6 is 15.6 Å². The van der Waals surface area contributed by atoms with E-state index in [2.05, 4.69) is 67.0 Å². The molecule has 10 atom stereocenters. The van der Waals surface area contributed by atoms with Crippen LogP contribution in [0.1, 0.15) is 168 Å². The molecule has 2 aliphatic rings. The summed E-state index contributed by atoms with van der Waals surface area (Å²) in [7, 11) is -10.7. The number of carbonyl (C=O) groups excluding carboxylic acids is 2. The largest absolute Gasteiger partial charge is 0.472 e. The van der Waals surface area contributed by atoms with E-state index in [1.165, 1.54) is 38.5 Å². The molecule has 0 amide bonds. The molecule has 1 aliphatic heterocycles. The van der Waals surface area contributed by atoms with Gasteiger partial charge in [0.25, 0.3) is 0 Å². The first-order valence-electron chi connectivity index (χ1n) is 25.0. The van der Waals surface area contributed by atoms with Gasteiger partial charge in [0, 0.05) is 12.8 Å². The van der Waals surface area contributed by atoms with Gasteiger partial charge in [-0.05, 0) is 77.0 Å². The van der Waals surface area contributed by atoms with Crippen LogP contribution in [-0.4, -0.2) is 115 Å². The number of esters is 2. The molecule has 0 aromatic carbocycles. The van der Waals surface area contributed by atoms with Gasteiger partial charge in [-0.25, -0.2) is 9.13 Å². The lowest BCUT2D eigenvalue weighted by atomic mass is 9.85. The molecule has 1 heterocycles. The molecular formula is C49H84O17P2. The van der Waals surface area contributed by atoms with E-state index in [0.717, 1.165) is 83.5 Å². The summed E-state index contributed by atoms with van der Waals surface area (Å²) >= 11 is 0. The number of carbonyl (C=O) groups is 2. The molecule has 0 aromatic heterocycles. The zero-order valence-corrected chi connectivity index (χ0v) is 42.3. The number of unbranched alkanes of at least 4 members (excludes halogenated alkanes) is 13. The van der Waals surface area contributed by atoms with Gasteiger partial charge in [-0.3, -0.25) is 23.2 Å². The molecule has 0 bridgehead atoms. The average Bonchev–Trinajstić information content (AvgIpc) is 4.05. The fraction of sp³-hybridized carbons (Fsp3) is 0.755. The molecule has 17 nitrogen and oxygen atoms in total. The summed E-state index contributed by atoms with van der Waals surface area (Å²) in [5, 5.41) is 41.3. The highest BCUT2D eigenvalue weighted by Gasteiger charge is 2.54. The van der Waals surface area contributed by atoms with Gasteiger partial charge < -0.3 is 49.3 Å². The molecule has 19 heteroatoms. The molecule has 68 heavy (non-hydrogen) atoms. The third-order valence-corrected chi connectivity index (χ3v) is 13.0. The Balaban J connectivity index is 1.80. The first-order chi connectivity index (χ1) is 32.6. The van der Waals surface area contributed by atoms with Crippen LogP contribution in [0.3, 0.4) is 0 Å². The van der Waals surface area contributed by atoms with Crippen molar-refractivity contribution in [3.8, 4) is 0 Å². The Bertz CT molecular complexity index is 1610. The maximum Gasteiger partial charge on any atom is 0.472 e. The molecule has 0 spiro atoms. The zero-order chi connectivity index (χ0) is 50.0. The van der Waals surface area contributed by atoms with Gasteiger partial charge in [-0.2, -0.15) is 0 Å². The maximum atomic E-state index is 13.0. The lowest BCUT2D eigenvalue weighted by Gasteiger charge is -2.43. The van der Waals surface area contributed by atoms with Gasteiger partial charge >= 0.3 is 27.6 Å². The lowest BCUT2D eigenvalue weighted by molar-refractivity contribution is -0.216. The summed E-state index contributed by atoms with van der Waals surface area (Å²) in [4.78, 5) is 54.4. The molecular weight excluding hydrogens is 922 g/mol. The van der Waals surface area contributed by atoms with Crippen LogP contribution in [0.15, 0.2) is 60.8 Å². The highest BCUT2D eigenvalue weighted by molar-refractivity contribution is 7.47. The third kappa shape index (κ3) is 29.8. The predicted octanol–water partition coefficient (Wildman–Crippen LogP) is 8.83. The average molecular weight is 1010 g/mol. The third-order valence-electron chi connectivity index (χ3n) is 11.5. The molecule has 0 aromatic rings. The van der Waals surface area contributed by atoms with Crippen molar-refractivity contribution in [3.63, 3.8) is 0 Å². The van der Waals surface area contributed by atoms with E-state index >= 15 is 0 Å². The second-order valence-corrected chi connectivity index (χ2v) is 20.2. The Morgan fingerprint density at radius 2 is 1.04 bits per heavy atom. The molecule has 392 valence electrons. The number of ether oxygens (including phenoxy) is 3. The van der Waals surface area contributed by atoms with Crippen LogP contribution in [0.2, 0.25) is 0 Å². The van der Waals surface area contributed by atoms with Gasteiger partial charge in [-0.15, -0.1) is 0 Å². The highest BCUT2D eigenvalue weighted by Crippen LogP contribution is 2.49. The molecule has 2 fully saturated rings. The van der Waals surface area contributed by atoms with Crippen molar-refractivity contribution in [2.24, 2.45) is 0 Å². The Hall–Kier alpha value is -2.34. The van der Waals surface area contributed by atoms with Crippen LogP contribution < -0.4 is 0 Å². The Morgan fingerprint density at radius 1 is 0.544 bits per heavy atom. The second kappa shape index (κ2) is 36.6. The minimum absolute atomic E-state index is 0.0396. The standard InChI is InChI=1S/C49H84O17P2/c1-3-5-7-8-9-10-11-12-13-14-15-16-17-21-24-27-31-35-42(50)61-37-39(38-62-68(59,60)66-49-46(54)44(52)45(53)48(47(49)55)65-67(56,57)58)63-43(51)36-32-28-25-22-19-18-20-23-26-30-34-41-40(64-41)33-29-6-4-2/h9-10,12-13,18,20,22,25-26,30,39-41,44-49,52-55H,3-8,11,14-17,19,21,23-24,27-29,31-38H2,1-2H3,(H,59,60)(H2,56,57,58)/b10-9-,13-12-,20-18-,25-22-,30-26-/t39-,40?,41?,44?,45?,46?,47?,48-,49+/m1/s1. The number of rotatable bonds is 40. The monoisotopic (exact) mass is 1010 g/mol. The van der Waals surface area contributed by atoms with Crippen molar-refractivity contribution >= 4 is 27.6 Å². The molecule has 1 aliphatic carbocycles.